The summed E-state index contributed by atoms with van der Waals surface area (Å²) in [6, 6.07) is 1.36. The van der Waals surface area contributed by atoms with Crippen molar-refractivity contribution in [3.8, 4) is 5.75 Å². The topological polar surface area (TPSA) is 72.5 Å². The lowest BCUT2D eigenvalue weighted by atomic mass is 10.0. The van der Waals surface area contributed by atoms with Crippen LogP contribution in [-0.2, 0) is 4.79 Å². The number of methoxy groups -OCH3 is 1. The first-order valence-corrected chi connectivity index (χ1v) is 4.29. The number of benzene rings is 1. The van der Waals surface area contributed by atoms with Crippen molar-refractivity contribution < 1.29 is 19.0 Å². The SMILES string of the molecule is COc1c(C)cc(C(N)C(=O)O)cc1F. The van der Waals surface area contributed by atoms with Gasteiger partial charge < -0.3 is 15.6 Å². The van der Waals surface area contributed by atoms with Gasteiger partial charge in [0.1, 0.15) is 6.04 Å². The highest BCUT2D eigenvalue weighted by atomic mass is 19.1. The van der Waals surface area contributed by atoms with E-state index in [4.69, 9.17) is 15.6 Å². The lowest BCUT2D eigenvalue weighted by molar-refractivity contribution is -0.138. The van der Waals surface area contributed by atoms with E-state index >= 15 is 0 Å². The summed E-state index contributed by atoms with van der Waals surface area (Å²) >= 11 is 0. The molecule has 0 aromatic heterocycles. The average Bonchev–Trinajstić information content (AvgIpc) is 2.15. The minimum absolute atomic E-state index is 0.108. The molecule has 1 aromatic rings. The Morgan fingerprint density at radius 1 is 1.60 bits per heavy atom. The number of nitrogens with two attached hydrogens (primary N) is 1. The molecule has 1 aromatic carbocycles. The van der Waals surface area contributed by atoms with E-state index in [0.29, 0.717) is 5.56 Å². The summed E-state index contributed by atoms with van der Waals surface area (Å²) in [5.41, 5.74) is 6.10. The van der Waals surface area contributed by atoms with Crippen LogP contribution in [0, 0.1) is 12.7 Å². The standard InChI is InChI=1S/C10H12FNO3/c1-5-3-6(8(12)10(13)14)4-7(11)9(5)15-2/h3-4,8H,12H2,1-2H3,(H,13,14). The summed E-state index contributed by atoms with van der Waals surface area (Å²) in [6.07, 6.45) is 0. The van der Waals surface area contributed by atoms with Gasteiger partial charge in [0.05, 0.1) is 7.11 Å². The van der Waals surface area contributed by atoms with E-state index in [2.05, 4.69) is 0 Å². The molecule has 0 aliphatic heterocycles. The van der Waals surface area contributed by atoms with Gasteiger partial charge in [0, 0.05) is 0 Å². The number of rotatable bonds is 3. The zero-order valence-electron chi connectivity index (χ0n) is 8.45. The van der Waals surface area contributed by atoms with E-state index in [1.54, 1.807) is 6.92 Å². The molecule has 0 fully saturated rings. The van der Waals surface area contributed by atoms with Crippen molar-refractivity contribution in [2.24, 2.45) is 5.73 Å². The van der Waals surface area contributed by atoms with Crippen molar-refractivity contribution in [3.63, 3.8) is 0 Å². The molecule has 3 N–H and O–H groups in total. The maximum Gasteiger partial charge on any atom is 0.325 e. The van der Waals surface area contributed by atoms with E-state index in [0.717, 1.165) is 6.07 Å². The quantitative estimate of drug-likeness (QED) is 0.792. The number of halogens is 1. The Kier molecular flexibility index (Phi) is 3.26. The summed E-state index contributed by atoms with van der Waals surface area (Å²) in [5.74, 6) is -1.69. The molecule has 0 aliphatic carbocycles. The normalized spacial score (nSPS) is 12.3. The minimum atomic E-state index is -1.22. The van der Waals surface area contributed by atoms with Crippen molar-refractivity contribution in [1.29, 1.82) is 0 Å². The van der Waals surface area contributed by atoms with Crippen LogP contribution >= 0.6 is 0 Å². The van der Waals surface area contributed by atoms with Gasteiger partial charge in [-0.05, 0) is 24.1 Å². The van der Waals surface area contributed by atoms with Crippen molar-refractivity contribution in [2.75, 3.05) is 7.11 Å². The maximum atomic E-state index is 13.4. The van der Waals surface area contributed by atoms with Crippen molar-refractivity contribution in [2.45, 2.75) is 13.0 Å². The third kappa shape index (κ3) is 2.24. The fraction of sp³-hybridized carbons (Fsp3) is 0.300. The van der Waals surface area contributed by atoms with Crippen LogP contribution in [0.3, 0.4) is 0 Å². The molecule has 0 aliphatic rings. The summed E-state index contributed by atoms with van der Waals surface area (Å²) in [6.45, 7) is 1.62. The van der Waals surface area contributed by atoms with E-state index in [9.17, 15) is 9.18 Å². The lowest BCUT2D eigenvalue weighted by Crippen LogP contribution is -2.21. The van der Waals surface area contributed by atoms with Crippen LogP contribution in [0.1, 0.15) is 17.2 Å². The number of carbonyl (C=O) groups is 1. The third-order valence-electron chi connectivity index (χ3n) is 2.08. The molecule has 4 nitrogen and oxygen atoms in total. The molecule has 0 spiro atoms. The van der Waals surface area contributed by atoms with Crippen molar-refractivity contribution in [3.05, 3.63) is 29.1 Å². The molecule has 5 heteroatoms. The number of ether oxygens (including phenoxy) is 1. The van der Waals surface area contributed by atoms with Crippen molar-refractivity contribution >= 4 is 5.97 Å². The molecule has 15 heavy (non-hydrogen) atoms. The zero-order chi connectivity index (χ0) is 11.6. The highest BCUT2D eigenvalue weighted by Crippen LogP contribution is 2.25. The molecule has 0 heterocycles. The second-order valence-corrected chi connectivity index (χ2v) is 3.17. The Bertz CT molecular complexity index is 369. The molecule has 1 rings (SSSR count). The fourth-order valence-corrected chi connectivity index (χ4v) is 1.34. The molecule has 82 valence electrons. The first kappa shape index (κ1) is 11.5. The minimum Gasteiger partial charge on any atom is -0.493 e. The summed E-state index contributed by atoms with van der Waals surface area (Å²) in [5, 5.41) is 8.67. The first-order valence-electron chi connectivity index (χ1n) is 4.29. The van der Waals surface area contributed by atoms with Gasteiger partial charge in [-0.25, -0.2) is 4.39 Å². The van der Waals surface area contributed by atoms with Gasteiger partial charge in [0.25, 0.3) is 0 Å². The predicted molar refractivity (Wildman–Crippen MR) is 52.3 cm³/mol. The molecular weight excluding hydrogens is 201 g/mol. The Morgan fingerprint density at radius 2 is 2.20 bits per heavy atom. The van der Waals surface area contributed by atoms with Gasteiger partial charge in [0.2, 0.25) is 0 Å². The van der Waals surface area contributed by atoms with Crippen LogP contribution in [0.25, 0.3) is 0 Å². The number of hydrogen-bond donors (Lipinski definition) is 2. The van der Waals surface area contributed by atoms with Crippen LogP contribution in [0.15, 0.2) is 12.1 Å². The van der Waals surface area contributed by atoms with Gasteiger partial charge >= 0.3 is 5.97 Å². The smallest absolute Gasteiger partial charge is 0.325 e. The number of aryl methyl sites for hydroxylation is 1. The number of carboxylic acid groups (broad SMARTS) is 1. The summed E-state index contributed by atoms with van der Waals surface area (Å²) < 4.78 is 18.2. The van der Waals surface area contributed by atoms with Gasteiger partial charge in [0.15, 0.2) is 11.6 Å². The average molecular weight is 213 g/mol. The zero-order valence-corrected chi connectivity index (χ0v) is 8.45. The van der Waals surface area contributed by atoms with Gasteiger partial charge in [-0.2, -0.15) is 0 Å². The monoisotopic (exact) mass is 213 g/mol. The Hall–Kier alpha value is -1.62. The molecular formula is C10H12FNO3. The molecule has 1 unspecified atom stereocenters. The molecule has 1 atom stereocenters. The molecule has 0 saturated heterocycles. The fourth-order valence-electron chi connectivity index (χ4n) is 1.34. The number of hydrogen-bond acceptors (Lipinski definition) is 3. The van der Waals surface area contributed by atoms with Crippen LogP contribution in [0.4, 0.5) is 4.39 Å². The van der Waals surface area contributed by atoms with Crippen LogP contribution < -0.4 is 10.5 Å². The van der Waals surface area contributed by atoms with E-state index in [1.165, 1.54) is 13.2 Å². The van der Waals surface area contributed by atoms with E-state index in [1.807, 2.05) is 0 Å². The van der Waals surface area contributed by atoms with Crippen LogP contribution in [-0.4, -0.2) is 18.2 Å². The van der Waals surface area contributed by atoms with Gasteiger partial charge in [-0.1, -0.05) is 6.07 Å². The largest absolute Gasteiger partial charge is 0.493 e. The van der Waals surface area contributed by atoms with Crippen LogP contribution in [0.2, 0.25) is 0 Å². The Labute approximate surface area is 86.5 Å². The Balaban J connectivity index is 3.19. The number of carboxylic acids is 1. The highest BCUT2D eigenvalue weighted by Gasteiger charge is 2.17. The summed E-state index contributed by atoms with van der Waals surface area (Å²) in [4.78, 5) is 10.6. The maximum absolute atomic E-state index is 13.4. The van der Waals surface area contributed by atoms with Gasteiger partial charge in [-0.3, -0.25) is 4.79 Å². The molecule has 0 radical (unpaired) electrons. The van der Waals surface area contributed by atoms with E-state index in [-0.39, 0.29) is 11.3 Å². The summed E-state index contributed by atoms with van der Waals surface area (Å²) in [7, 11) is 1.35. The van der Waals surface area contributed by atoms with E-state index < -0.39 is 17.8 Å². The molecule has 0 saturated carbocycles. The van der Waals surface area contributed by atoms with Crippen molar-refractivity contribution in [1.82, 2.24) is 0 Å². The second kappa shape index (κ2) is 4.27. The highest BCUT2D eigenvalue weighted by molar-refractivity contribution is 5.75. The first-order chi connectivity index (χ1) is 6.97. The lowest BCUT2D eigenvalue weighted by Gasteiger charge is -2.11. The third-order valence-corrected chi connectivity index (χ3v) is 2.08. The number of aliphatic carboxylic acids is 1. The van der Waals surface area contributed by atoms with Gasteiger partial charge in [-0.15, -0.1) is 0 Å². The second-order valence-electron chi connectivity index (χ2n) is 3.17. The predicted octanol–water partition coefficient (Wildman–Crippen LogP) is 1.23. The molecule has 0 bridgehead atoms. The molecule has 0 amide bonds. The van der Waals surface area contributed by atoms with Crippen LogP contribution in [0.5, 0.6) is 5.75 Å². The Morgan fingerprint density at radius 3 is 2.60 bits per heavy atom.